The number of aliphatic hydroxyl groups excluding tert-OH is 1. The van der Waals surface area contributed by atoms with Crippen LogP contribution in [-0.2, 0) is 44.8 Å². The third-order valence-corrected chi connectivity index (χ3v) is 8.35. The van der Waals surface area contributed by atoms with Crippen molar-refractivity contribution >= 4 is 70.9 Å². The number of aliphatic hydroxyl groups is 1. The minimum absolute atomic E-state index is 0.00144. The summed E-state index contributed by atoms with van der Waals surface area (Å²) in [5.41, 5.74) is 11.5. The summed E-state index contributed by atoms with van der Waals surface area (Å²) in [6, 6.07) is -3.27. The molecule has 0 aromatic heterocycles. The Labute approximate surface area is 301 Å². The normalized spacial score (nSPS) is 14.4. The lowest BCUT2D eigenvalue weighted by molar-refractivity contribution is -0.143. The van der Waals surface area contributed by atoms with E-state index in [2.05, 4.69) is 26.6 Å². The number of aliphatic carboxylic acids is 2. The number of carbonyl (C=O) groups is 8. The number of amides is 6. The van der Waals surface area contributed by atoms with E-state index in [0.29, 0.717) is 17.1 Å². The monoisotopic (exact) mass is 759 g/mol. The Morgan fingerprint density at radius 3 is 1.53 bits per heavy atom. The molecule has 284 valence electrons. The molecular formula is C30H45N7O12S2. The van der Waals surface area contributed by atoms with E-state index < -0.39 is 103 Å². The highest BCUT2D eigenvalue weighted by atomic mass is 32.2. The first-order chi connectivity index (χ1) is 24.0. The quantitative estimate of drug-likeness (QED) is 0.0490. The highest BCUT2D eigenvalue weighted by Gasteiger charge is 2.33. The molecule has 0 saturated heterocycles. The third-order valence-electron chi connectivity index (χ3n) is 7.06. The van der Waals surface area contributed by atoms with Gasteiger partial charge in [-0.3, -0.25) is 33.6 Å². The van der Waals surface area contributed by atoms with Crippen LogP contribution in [0.2, 0.25) is 0 Å². The van der Waals surface area contributed by atoms with E-state index in [9.17, 15) is 53.7 Å². The summed E-state index contributed by atoms with van der Waals surface area (Å²) < 4.78 is 0. The van der Waals surface area contributed by atoms with Crippen molar-refractivity contribution < 1.29 is 58.8 Å². The first-order valence-corrected chi connectivity index (χ1v) is 18.2. The number of aromatic hydroxyl groups is 1. The molecule has 0 saturated carbocycles. The van der Waals surface area contributed by atoms with Crippen molar-refractivity contribution in [3.05, 3.63) is 29.8 Å². The van der Waals surface area contributed by atoms with Gasteiger partial charge in [0.2, 0.25) is 35.4 Å². The number of phenols is 1. The van der Waals surface area contributed by atoms with Crippen LogP contribution in [-0.4, -0.2) is 135 Å². The zero-order valence-electron chi connectivity index (χ0n) is 28.0. The van der Waals surface area contributed by atoms with Crippen LogP contribution in [0.5, 0.6) is 5.75 Å². The predicted octanol–water partition coefficient (Wildman–Crippen LogP) is -3.38. The summed E-state index contributed by atoms with van der Waals surface area (Å²) in [6.07, 6.45) is 1.82. The van der Waals surface area contributed by atoms with E-state index >= 15 is 0 Å². The van der Waals surface area contributed by atoms with Crippen LogP contribution in [0.1, 0.15) is 31.2 Å². The summed E-state index contributed by atoms with van der Waals surface area (Å²) in [4.78, 5) is 100. The fraction of sp³-hybridized carbons (Fsp3) is 0.533. The maximum atomic E-state index is 13.6. The van der Waals surface area contributed by atoms with E-state index in [-0.39, 0.29) is 25.0 Å². The zero-order chi connectivity index (χ0) is 38.7. The fourth-order valence-corrected chi connectivity index (χ4v) is 5.27. The number of carboxylic acid groups (broad SMARTS) is 2. The summed E-state index contributed by atoms with van der Waals surface area (Å²) in [5, 5.41) is 48.9. The van der Waals surface area contributed by atoms with Gasteiger partial charge in [0.25, 0.3) is 0 Å². The average molecular weight is 760 g/mol. The van der Waals surface area contributed by atoms with Gasteiger partial charge in [-0.2, -0.15) is 23.5 Å². The second-order valence-electron chi connectivity index (χ2n) is 11.1. The minimum Gasteiger partial charge on any atom is -0.508 e. The molecule has 0 bridgehead atoms. The number of thioether (sulfide) groups is 2. The summed E-state index contributed by atoms with van der Waals surface area (Å²) in [7, 11) is 0. The van der Waals surface area contributed by atoms with Crippen LogP contribution in [0.25, 0.3) is 0 Å². The maximum Gasteiger partial charge on any atom is 0.328 e. The third kappa shape index (κ3) is 16.8. The number of benzene rings is 1. The number of carbonyl (C=O) groups excluding carboxylic acids is 6. The number of nitrogens with two attached hydrogens (primary N) is 2. The van der Waals surface area contributed by atoms with Crippen LogP contribution in [0, 0.1) is 0 Å². The molecule has 1 aromatic carbocycles. The number of nitrogens with one attached hydrogen (secondary N) is 5. The molecule has 6 atom stereocenters. The first kappa shape index (κ1) is 44.4. The molecule has 0 aliphatic heterocycles. The predicted molar refractivity (Wildman–Crippen MR) is 186 cm³/mol. The van der Waals surface area contributed by atoms with Crippen molar-refractivity contribution in [1.82, 2.24) is 26.6 Å². The minimum atomic E-state index is -1.66. The van der Waals surface area contributed by atoms with Gasteiger partial charge < -0.3 is 58.5 Å². The molecular weight excluding hydrogens is 715 g/mol. The number of phenolic OH excluding ortho intramolecular Hbond substituents is 1. The summed E-state index contributed by atoms with van der Waals surface area (Å²) in [5.74, 6) is -8.08. The highest BCUT2D eigenvalue weighted by molar-refractivity contribution is 7.98. The molecule has 1 rings (SSSR count). The molecule has 13 N–H and O–H groups in total. The lowest BCUT2D eigenvalue weighted by atomic mass is 10.0. The largest absolute Gasteiger partial charge is 0.508 e. The van der Waals surface area contributed by atoms with Gasteiger partial charge in [0.05, 0.1) is 25.5 Å². The Kier molecular flexibility index (Phi) is 20.0. The molecule has 1 aromatic rings. The number of carboxylic acids is 2. The highest BCUT2D eigenvalue weighted by Crippen LogP contribution is 2.13. The van der Waals surface area contributed by atoms with Crippen molar-refractivity contribution in [3.63, 3.8) is 0 Å². The van der Waals surface area contributed by atoms with Gasteiger partial charge in [-0.15, -0.1) is 0 Å². The molecule has 19 nitrogen and oxygen atoms in total. The van der Waals surface area contributed by atoms with Gasteiger partial charge in [0.1, 0.15) is 36.0 Å². The van der Waals surface area contributed by atoms with Crippen LogP contribution in [0.3, 0.4) is 0 Å². The number of hydrogen-bond acceptors (Lipinski definition) is 13. The van der Waals surface area contributed by atoms with Crippen LogP contribution in [0.4, 0.5) is 0 Å². The van der Waals surface area contributed by atoms with E-state index in [4.69, 9.17) is 16.6 Å². The molecule has 6 amide bonds. The summed E-state index contributed by atoms with van der Waals surface area (Å²) >= 11 is 2.62. The van der Waals surface area contributed by atoms with Crippen LogP contribution < -0.4 is 38.1 Å². The first-order valence-electron chi connectivity index (χ1n) is 15.4. The van der Waals surface area contributed by atoms with E-state index in [1.807, 2.05) is 0 Å². The van der Waals surface area contributed by atoms with E-state index in [1.54, 1.807) is 12.5 Å². The Hall–Kier alpha value is -4.60. The van der Waals surface area contributed by atoms with Crippen LogP contribution >= 0.6 is 23.5 Å². The van der Waals surface area contributed by atoms with E-state index in [0.717, 1.165) is 0 Å². The van der Waals surface area contributed by atoms with Crippen molar-refractivity contribution in [3.8, 4) is 5.75 Å². The second-order valence-corrected chi connectivity index (χ2v) is 13.1. The average Bonchev–Trinajstić information content (AvgIpc) is 3.06. The Morgan fingerprint density at radius 2 is 1.10 bits per heavy atom. The van der Waals surface area contributed by atoms with Gasteiger partial charge in [-0.1, -0.05) is 12.1 Å². The number of rotatable bonds is 24. The topological polar surface area (TPSA) is 330 Å². The molecule has 0 aliphatic carbocycles. The smallest absolute Gasteiger partial charge is 0.328 e. The fourth-order valence-electron chi connectivity index (χ4n) is 4.33. The lowest BCUT2D eigenvalue weighted by Crippen LogP contribution is -2.60. The summed E-state index contributed by atoms with van der Waals surface area (Å²) in [6.45, 7) is -0.928. The maximum absolute atomic E-state index is 13.6. The lowest BCUT2D eigenvalue weighted by Gasteiger charge is -2.27. The van der Waals surface area contributed by atoms with Crippen molar-refractivity contribution in [2.75, 3.05) is 30.6 Å². The zero-order valence-corrected chi connectivity index (χ0v) is 29.6. The van der Waals surface area contributed by atoms with Gasteiger partial charge in [0, 0.05) is 6.42 Å². The van der Waals surface area contributed by atoms with Crippen molar-refractivity contribution in [1.29, 1.82) is 0 Å². The second kappa shape index (κ2) is 23.0. The van der Waals surface area contributed by atoms with Crippen LogP contribution in [0.15, 0.2) is 24.3 Å². The molecule has 0 radical (unpaired) electrons. The molecule has 21 heteroatoms. The van der Waals surface area contributed by atoms with E-state index in [1.165, 1.54) is 47.8 Å². The molecule has 0 fully saturated rings. The Bertz CT molecular complexity index is 1390. The molecule has 0 spiro atoms. The molecule has 0 unspecified atom stereocenters. The number of primary amides is 1. The van der Waals surface area contributed by atoms with Gasteiger partial charge in [-0.25, -0.2) is 4.79 Å². The van der Waals surface area contributed by atoms with Crippen molar-refractivity contribution in [2.45, 2.75) is 68.4 Å². The Balaban J connectivity index is 3.30. The molecule has 0 heterocycles. The van der Waals surface area contributed by atoms with Gasteiger partial charge in [-0.05, 0) is 54.6 Å². The number of hydrogen-bond donors (Lipinski definition) is 11. The molecule has 0 aliphatic rings. The standard InChI is InChI=1S/C30H45N7O12S2/c1-50-9-7-18(33-28(46)20(11-15-3-5-16(39)6-4-15)35-25(43)17(31)12-24(41)42)26(44)36-21(13-23(32)40)29(47)34-19(8-10-51-2)27(45)37-22(14-38)30(48)49/h3-6,17-22,38-39H,7-14,31H2,1-2H3,(H2,32,40)(H,33,46)(H,34,47)(H,35,43)(H,36,44)(H,37,45)(H,41,42)(H,48,49)/t17-,18-,19-,20-,21-,22-/m0/s1. The Morgan fingerprint density at radius 1 is 0.667 bits per heavy atom. The molecule has 51 heavy (non-hydrogen) atoms. The van der Waals surface area contributed by atoms with Gasteiger partial charge in [0.15, 0.2) is 0 Å². The van der Waals surface area contributed by atoms with Crippen molar-refractivity contribution in [2.24, 2.45) is 11.5 Å². The SMILES string of the molecule is CSCC[C@H](NC(=O)[C@H](CC(N)=O)NC(=O)[C@H](CCSC)NC(=O)[C@H](Cc1ccc(O)cc1)NC(=O)[C@@H](N)CC(=O)O)C(=O)N[C@@H](CO)C(=O)O. The van der Waals surface area contributed by atoms with Gasteiger partial charge >= 0.3 is 11.9 Å².